The van der Waals surface area contributed by atoms with Crippen LogP contribution >= 0.6 is 0 Å². The lowest BCUT2D eigenvalue weighted by Gasteiger charge is -2.05. The van der Waals surface area contributed by atoms with Gasteiger partial charge in [-0.05, 0) is 37.6 Å². The Balaban J connectivity index is 2.16. The van der Waals surface area contributed by atoms with E-state index in [-0.39, 0.29) is 0 Å². The molecule has 0 spiro atoms. The summed E-state index contributed by atoms with van der Waals surface area (Å²) in [5, 5.41) is 4.18. The van der Waals surface area contributed by atoms with Crippen molar-refractivity contribution in [1.29, 1.82) is 0 Å². The summed E-state index contributed by atoms with van der Waals surface area (Å²) in [4.78, 5) is 0.841. The minimum Gasteiger partial charge on any atom is -0.399 e. The van der Waals surface area contributed by atoms with Gasteiger partial charge in [-0.3, -0.25) is 8.89 Å². The van der Waals surface area contributed by atoms with Crippen LogP contribution in [0.25, 0.3) is 0 Å². The molecule has 0 radical (unpaired) electrons. The fourth-order valence-electron chi connectivity index (χ4n) is 1.81. The molecule has 4 nitrogen and oxygen atoms in total. The molecule has 2 aromatic rings. The quantitative estimate of drug-likeness (QED) is 0.859. The smallest absolute Gasteiger partial charge is 0.0578 e. The maximum Gasteiger partial charge on any atom is 0.0578 e. The van der Waals surface area contributed by atoms with E-state index in [0.717, 1.165) is 22.6 Å². The average Bonchev–Trinajstić information content (AvgIpc) is 2.76. The summed E-state index contributed by atoms with van der Waals surface area (Å²) in [5.74, 6) is 0.491. The third-order valence-electron chi connectivity index (χ3n) is 2.75. The molecule has 0 aliphatic carbocycles. The maximum atomic E-state index is 12.3. The summed E-state index contributed by atoms with van der Waals surface area (Å²) in [6, 6.07) is 5.48. The predicted octanol–water partition coefficient (Wildman–Crippen LogP) is 2.10. The van der Waals surface area contributed by atoms with Crippen molar-refractivity contribution in [1.82, 2.24) is 9.78 Å². The molecule has 0 fully saturated rings. The third kappa shape index (κ3) is 2.79. The van der Waals surface area contributed by atoms with Gasteiger partial charge in [0, 0.05) is 28.9 Å². The highest BCUT2D eigenvalue weighted by Gasteiger charge is 2.09. The summed E-state index contributed by atoms with van der Waals surface area (Å²) < 4.78 is 14.1. The van der Waals surface area contributed by atoms with Crippen molar-refractivity contribution in [3.8, 4) is 0 Å². The van der Waals surface area contributed by atoms with E-state index >= 15 is 0 Å². The molecule has 1 atom stereocenters. The van der Waals surface area contributed by atoms with Gasteiger partial charge in [-0.2, -0.15) is 5.10 Å². The lowest BCUT2D eigenvalue weighted by molar-refractivity contribution is 0.659. The molecule has 1 heterocycles. The molecular weight excluding hydrogens is 246 g/mol. The molecule has 0 amide bonds. The number of aromatic nitrogens is 2. The molecule has 1 aromatic carbocycles. The van der Waals surface area contributed by atoms with Crippen LogP contribution in [-0.4, -0.2) is 14.0 Å². The second-order valence-corrected chi connectivity index (χ2v) is 5.64. The van der Waals surface area contributed by atoms with E-state index in [2.05, 4.69) is 5.10 Å². The lowest BCUT2D eigenvalue weighted by atomic mass is 10.2. The number of rotatable bonds is 4. The largest absolute Gasteiger partial charge is 0.399 e. The van der Waals surface area contributed by atoms with Crippen molar-refractivity contribution in [2.75, 3.05) is 5.73 Å². The van der Waals surface area contributed by atoms with Crippen molar-refractivity contribution in [3.05, 3.63) is 41.7 Å². The topological polar surface area (TPSA) is 60.9 Å². The van der Waals surface area contributed by atoms with E-state index in [1.807, 2.05) is 36.9 Å². The summed E-state index contributed by atoms with van der Waals surface area (Å²) in [5.41, 5.74) is 8.35. The van der Waals surface area contributed by atoms with Crippen LogP contribution in [0, 0.1) is 6.92 Å². The van der Waals surface area contributed by atoms with Gasteiger partial charge in [0.25, 0.3) is 0 Å². The van der Waals surface area contributed by atoms with E-state index in [9.17, 15) is 4.21 Å². The SMILES string of the molecule is CCn1cc(CS(=O)c2ccc(N)cc2C)cn1. The van der Waals surface area contributed by atoms with Gasteiger partial charge >= 0.3 is 0 Å². The molecule has 0 aliphatic rings. The average molecular weight is 263 g/mol. The number of nitrogen functional groups attached to an aromatic ring is 1. The standard InChI is InChI=1S/C13H17N3OS/c1-3-16-8-11(7-15-16)9-18(17)13-5-4-12(14)6-10(13)2/h4-8H,3,9,14H2,1-2H3. The van der Waals surface area contributed by atoms with Crippen molar-refractivity contribution in [2.24, 2.45) is 0 Å². The minimum absolute atomic E-state index is 0.491. The van der Waals surface area contributed by atoms with Crippen LogP contribution in [-0.2, 0) is 23.1 Å². The lowest BCUT2D eigenvalue weighted by Crippen LogP contribution is -1.99. The zero-order valence-electron chi connectivity index (χ0n) is 10.6. The van der Waals surface area contributed by atoms with Crippen LogP contribution in [0.4, 0.5) is 5.69 Å². The monoisotopic (exact) mass is 263 g/mol. The molecule has 96 valence electrons. The maximum absolute atomic E-state index is 12.3. The van der Waals surface area contributed by atoms with Gasteiger partial charge in [-0.1, -0.05) is 0 Å². The molecular formula is C13H17N3OS. The molecule has 0 bridgehead atoms. The number of nitrogens with zero attached hydrogens (tertiary/aromatic N) is 2. The Morgan fingerprint density at radius 1 is 1.44 bits per heavy atom. The van der Waals surface area contributed by atoms with E-state index < -0.39 is 10.8 Å². The zero-order valence-corrected chi connectivity index (χ0v) is 11.4. The molecule has 0 saturated heterocycles. The van der Waals surface area contributed by atoms with Gasteiger partial charge in [-0.15, -0.1) is 0 Å². The predicted molar refractivity (Wildman–Crippen MR) is 73.6 cm³/mol. The number of anilines is 1. The van der Waals surface area contributed by atoms with Crippen LogP contribution in [0.3, 0.4) is 0 Å². The number of nitrogens with two attached hydrogens (primary N) is 1. The Labute approximate surface area is 109 Å². The van der Waals surface area contributed by atoms with E-state index in [1.54, 1.807) is 12.3 Å². The molecule has 18 heavy (non-hydrogen) atoms. The van der Waals surface area contributed by atoms with Gasteiger partial charge < -0.3 is 5.73 Å². The van der Waals surface area contributed by atoms with Crippen molar-refractivity contribution >= 4 is 16.5 Å². The highest BCUT2D eigenvalue weighted by Crippen LogP contribution is 2.18. The second kappa shape index (κ2) is 5.35. The zero-order chi connectivity index (χ0) is 13.1. The summed E-state index contributed by atoms with van der Waals surface area (Å²) in [6.07, 6.45) is 3.71. The van der Waals surface area contributed by atoms with Gasteiger partial charge in [0.15, 0.2) is 0 Å². The summed E-state index contributed by atoms with van der Waals surface area (Å²) >= 11 is 0. The molecule has 5 heteroatoms. The highest BCUT2D eigenvalue weighted by molar-refractivity contribution is 7.84. The second-order valence-electron chi connectivity index (χ2n) is 4.22. The molecule has 1 aromatic heterocycles. The summed E-state index contributed by atoms with van der Waals surface area (Å²) in [7, 11) is -1.05. The first kappa shape index (κ1) is 12.8. The van der Waals surface area contributed by atoms with Gasteiger partial charge in [0.05, 0.1) is 22.7 Å². The Hall–Kier alpha value is -1.62. The van der Waals surface area contributed by atoms with Crippen molar-refractivity contribution < 1.29 is 4.21 Å². The van der Waals surface area contributed by atoms with Gasteiger partial charge in [-0.25, -0.2) is 0 Å². The van der Waals surface area contributed by atoms with Crippen LogP contribution in [0.1, 0.15) is 18.1 Å². The molecule has 0 saturated carbocycles. The highest BCUT2D eigenvalue weighted by atomic mass is 32.2. The van der Waals surface area contributed by atoms with E-state index in [0.29, 0.717) is 11.4 Å². The van der Waals surface area contributed by atoms with Crippen LogP contribution in [0.15, 0.2) is 35.5 Å². The first-order valence-electron chi connectivity index (χ1n) is 5.86. The normalized spacial score (nSPS) is 12.6. The minimum atomic E-state index is -1.05. The summed E-state index contributed by atoms with van der Waals surface area (Å²) in [6.45, 7) is 4.78. The first-order chi connectivity index (χ1) is 8.60. The van der Waals surface area contributed by atoms with Gasteiger partial charge in [0.2, 0.25) is 0 Å². The Bertz CT molecular complexity index is 577. The van der Waals surface area contributed by atoms with Crippen LogP contribution < -0.4 is 5.73 Å². The van der Waals surface area contributed by atoms with E-state index in [1.165, 1.54) is 0 Å². The Morgan fingerprint density at radius 2 is 2.22 bits per heavy atom. The number of benzene rings is 1. The van der Waals surface area contributed by atoms with Gasteiger partial charge in [0.1, 0.15) is 0 Å². The van der Waals surface area contributed by atoms with E-state index in [4.69, 9.17) is 5.73 Å². The third-order valence-corrected chi connectivity index (χ3v) is 4.30. The molecule has 0 aliphatic heterocycles. The fourth-order valence-corrected chi connectivity index (χ4v) is 3.06. The number of hydrogen-bond acceptors (Lipinski definition) is 3. The van der Waals surface area contributed by atoms with Crippen LogP contribution in [0.5, 0.6) is 0 Å². The Kier molecular flexibility index (Phi) is 3.81. The fraction of sp³-hybridized carbons (Fsp3) is 0.308. The van der Waals surface area contributed by atoms with Crippen molar-refractivity contribution in [3.63, 3.8) is 0 Å². The Morgan fingerprint density at radius 3 is 2.83 bits per heavy atom. The molecule has 1 unspecified atom stereocenters. The first-order valence-corrected chi connectivity index (χ1v) is 7.18. The van der Waals surface area contributed by atoms with Crippen LogP contribution in [0.2, 0.25) is 0 Å². The molecule has 2 rings (SSSR count). The van der Waals surface area contributed by atoms with Crippen molar-refractivity contribution in [2.45, 2.75) is 31.0 Å². The molecule has 2 N–H and O–H groups in total. The number of hydrogen-bond donors (Lipinski definition) is 1. The number of aryl methyl sites for hydroxylation is 2.